The average molecular weight is 327 g/mol. The molecule has 0 aliphatic carbocycles. The monoisotopic (exact) mass is 327 g/mol. The Kier molecular flexibility index (Phi) is 4.89. The van der Waals surface area contributed by atoms with E-state index in [0.29, 0.717) is 25.3 Å². The van der Waals surface area contributed by atoms with Crippen molar-refractivity contribution < 1.29 is 19.0 Å². The van der Waals surface area contributed by atoms with Crippen molar-refractivity contribution in [1.29, 1.82) is 0 Å². The van der Waals surface area contributed by atoms with Crippen molar-refractivity contribution in [2.75, 3.05) is 26.8 Å². The maximum atomic E-state index is 12.5. The Bertz CT molecular complexity index is 699. The number of amides is 1. The molecule has 0 spiro atoms. The summed E-state index contributed by atoms with van der Waals surface area (Å²) in [5.41, 5.74) is 0.623. The standard InChI is InChI=1S/C19H21NO4/c1-3-22-15-10-8-14(9-11-15)19(21)20(2)12-16-13-23-17-6-4-5-7-18(17)24-16/h4-11,16H,3,12-13H2,1-2H3/t16-/m1/s1. The van der Waals surface area contributed by atoms with Crippen LogP contribution in [0.5, 0.6) is 17.2 Å². The summed E-state index contributed by atoms with van der Waals surface area (Å²) >= 11 is 0. The molecule has 0 unspecified atom stereocenters. The fourth-order valence-corrected chi connectivity index (χ4v) is 2.62. The van der Waals surface area contributed by atoms with Gasteiger partial charge >= 0.3 is 0 Å². The first kappa shape index (κ1) is 16.2. The zero-order chi connectivity index (χ0) is 16.9. The molecule has 1 atom stereocenters. The number of fused-ring (bicyclic) bond motifs is 1. The number of carbonyl (C=O) groups is 1. The predicted octanol–water partition coefficient (Wildman–Crippen LogP) is 3.00. The van der Waals surface area contributed by atoms with Gasteiger partial charge in [-0.05, 0) is 43.3 Å². The zero-order valence-corrected chi connectivity index (χ0v) is 13.9. The van der Waals surface area contributed by atoms with E-state index >= 15 is 0 Å². The molecule has 1 aliphatic heterocycles. The third-order valence-electron chi connectivity index (χ3n) is 3.80. The molecular formula is C19H21NO4. The second kappa shape index (κ2) is 7.25. The number of likely N-dealkylation sites (N-methyl/N-ethyl adjacent to an activating group) is 1. The van der Waals surface area contributed by atoms with Crippen molar-refractivity contribution in [2.45, 2.75) is 13.0 Å². The molecule has 0 saturated heterocycles. The molecule has 5 heteroatoms. The van der Waals surface area contributed by atoms with Crippen molar-refractivity contribution in [3.63, 3.8) is 0 Å². The molecule has 1 heterocycles. The van der Waals surface area contributed by atoms with E-state index in [1.54, 1.807) is 36.2 Å². The minimum atomic E-state index is -0.184. The molecule has 5 nitrogen and oxygen atoms in total. The lowest BCUT2D eigenvalue weighted by atomic mass is 10.2. The normalized spacial score (nSPS) is 15.7. The maximum Gasteiger partial charge on any atom is 0.253 e. The maximum absolute atomic E-state index is 12.5. The van der Waals surface area contributed by atoms with E-state index in [9.17, 15) is 4.79 Å². The van der Waals surface area contributed by atoms with Crippen molar-refractivity contribution in [3.05, 3.63) is 54.1 Å². The lowest BCUT2D eigenvalue weighted by Gasteiger charge is -2.29. The molecule has 0 aromatic heterocycles. The van der Waals surface area contributed by atoms with Crippen molar-refractivity contribution in [1.82, 2.24) is 4.90 Å². The molecule has 1 amide bonds. The van der Waals surface area contributed by atoms with Crippen LogP contribution in [0.3, 0.4) is 0 Å². The Morgan fingerprint density at radius 3 is 2.58 bits per heavy atom. The van der Waals surface area contributed by atoms with Crippen molar-refractivity contribution in [3.8, 4) is 17.2 Å². The Hall–Kier alpha value is -2.69. The van der Waals surface area contributed by atoms with E-state index in [4.69, 9.17) is 14.2 Å². The van der Waals surface area contributed by atoms with Gasteiger partial charge in [-0.15, -0.1) is 0 Å². The van der Waals surface area contributed by atoms with Crippen LogP contribution in [0.1, 0.15) is 17.3 Å². The van der Waals surface area contributed by atoms with Crippen LogP contribution in [0.15, 0.2) is 48.5 Å². The summed E-state index contributed by atoms with van der Waals surface area (Å²) in [4.78, 5) is 14.2. The fraction of sp³-hybridized carbons (Fsp3) is 0.316. The molecule has 0 radical (unpaired) electrons. The average Bonchev–Trinajstić information content (AvgIpc) is 2.62. The number of hydrogen-bond acceptors (Lipinski definition) is 4. The van der Waals surface area contributed by atoms with E-state index in [-0.39, 0.29) is 12.0 Å². The van der Waals surface area contributed by atoms with Crippen LogP contribution in [0.2, 0.25) is 0 Å². The number of ether oxygens (including phenoxy) is 3. The van der Waals surface area contributed by atoms with E-state index in [1.807, 2.05) is 31.2 Å². The fourth-order valence-electron chi connectivity index (χ4n) is 2.62. The molecule has 0 fully saturated rings. The van der Waals surface area contributed by atoms with Gasteiger partial charge in [0.05, 0.1) is 13.2 Å². The molecular weight excluding hydrogens is 306 g/mol. The van der Waals surface area contributed by atoms with Gasteiger partial charge in [0.1, 0.15) is 12.4 Å². The summed E-state index contributed by atoms with van der Waals surface area (Å²) < 4.78 is 17.0. The Morgan fingerprint density at radius 1 is 1.17 bits per heavy atom. The Balaban J connectivity index is 1.60. The molecule has 2 aromatic rings. The lowest BCUT2D eigenvalue weighted by Crippen LogP contribution is -2.41. The molecule has 3 rings (SSSR count). The number of rotatable bonds is 5. The van der Waals surface area contributed by atoms with E-state index in [0.717, 1.165) is 17.2 Å². The summed E-state index contributed by atoms with van der Waals surface area (Å²) in [6.45, 7) is 3.42. The highest BCUT2D eigenvalue weighted by atomic mass is 16.6. The molecule has 126 valence electrons. The largest absolute Gasteiger partial charge is 0.494 e. The smallest absolute Gasteiger partial charge is 0.253 e. The van der Waals surface area contributed by atoms with Crippen LogP contribution < -0.4 is 14.2 Å². The van der Waals surface area contributed by atoms with E-state index in [1.165, 1.54) is 0 Å². The third-order valence-corrected chi connectivity index (χ3v) is 3.80. The van der Waals surface area contributed by atoms with E-state index in [2.05, 4.69) is 0 Å². The van der Waals surface area contributed by atoms with Crippen LogP contribution in [-0.4, -0.2) is 43.7 Å². The van der Waals surface area contributed by atoms with Gasteiger partial charge in [0.2, 0.25) is 0 Å². The third kappa shape index (κ3) is 3.62. The highest BCUT2D eigenvalue weighted by Crippen LogP contribution is 2.31. The summed E-state index contributed by atoms with van der Waals surface area (Å²) in [7, 11) is 1.77. The molecule has 0 N–H and O–H groups in total. The number of para-hydroxylation sites is 2. The summed E-state index contributed by atoms with van der Waals surface area (Å²) in [5, 5.41) is 0. The summed E-state index contributed by atoms with van der Waals surface area (Å²) in [5.74, 6) is 2.17. The lowest BCUT2D eigenvalue weighted by molar-refractivity contribution is 0.0521. The first-order chi connectivity index (χ1) is 11.7. The second-order valence-electron chi connectivity index (χ2n) is 5.64. The second-order valence-corrected chi connectivity index (χ2v) is 5.64. The number of hydrogen-bond donors (Lipinski definition) is 0. The first-order valence-electron chi connectivity index (χ1n) is 8.04. The van der Waals surface area contributed by atoms with Crippen LogP contribution in [0, 0.1) is 0 Å². The molecule has 0 saturated carbocycles. The van der Waals surface area contributed by atoms with Gasteiger partial charge in [0.25, 0.3) is 5.91 Å². The highest BCUT2D eigenvalue weighted by Gasteiger charge is 2.24. The van der Waals surface area contributed by atoms with Gasteiger partial charge in [-0.25, -0.2) is 0 Å². The minimum absolute atomic E-state index is 0.0551. The first-order valence-corrected chi connectivity index (χ1v) is 8.04. The van der Waals surface area contributed by atoms with Crippen LogP contribution in [-0.2, 0) is 0 Å². The number of nitrogens with zero attached hydrogens (tertiary/aromatic N) is 1. The van der Waals surface area contributed by atoms with Crippen LogP contribution in [0.25, 0.3) is 0 Å². The van der Waals surface area contributed by atoms with Gasteiger partial charge in [0.15, 0.2) is 17.6 Å². The van der Waals surface area contributed by atoms with Gasteiger partial charge < -0.3 is 19.1 Å². The molecule has 0 bridgehead atoms. The SMILES string of the molecule is CCOc1ccc(C(=O)N(C)C[C@@H]2COc3ccccc3O2)cc1. The number of benzene rings is 2. The Morgan fingerprint density at radius 2 is 1.88 bits per heavy atom. The van der Waals surface area contributed by atoms with Gasteiger partial charge in [-0.2, -0.15) is 0 Å². The predicted molar refractivity (Wildman–Crippen MR) is 90.9 cm³/mol. The molecule has 1 aliphatic rings. The summed E-state index contributed by atoms with van der Waals surface area (Å²) in [6.07, 6.45) is -0.184. The van der Waals surface area contributed by atoms with Crippen LogP contribution in [0.4, 0.5) is 0 Å². The quantitative estimate of drug-likeness (QED) is 0.847. The van der Waals surface area contributed by atoms with Gasteiger partial charge in [-0.3, -0.25) is 4.79 Å². The molecule has 24 heavy (non-hydrogen) atoms. The number of carbonyl (C=O) groups excluding carboxylic acids is 1. The van der Waals surface area contributed by atoms with Crippen LogP contribution >= 0.6 is 0 Å². The topological polar surface area (TPSA) is 48.0 Å². The Labute approximate surface area is 141 Å². The van der Waals surface area contributed by atoms with Gasteiger partial charge in [0, 0.05) is 12.6 Å². The zero-order valence-electron chi connectivity index (χ0n) is 13.9. The summed E-state index contributed by atoms with van der Waals surface area (Å²) in [6, 6.07) is 14.7. The van der Waals surface area contributed by atoms with Crippen molar-refractivity contribution in [2.24, 2.45) is 0 Å². The van der Waals surface area contributed by atoms with Gasteiger partial charge in [-0.1, -0.05) is 12.1 Å². The highest BCUT2D eigenvalue weighted by molar-refractivity contribution is 5.94. The van der Waals surface area contributed by atoms with Crippen molar-refractivity contribution >= 4 is 5.91 Å². The van der Waals surface area contributed by atoms with E-state index < -0.39 is 0 Å². The minimum Gasteiger partial charge on any atom is -0.494 e. The molecule has 2 aromatic carbocycles.